The van der Waals surface area contributed by atoms with Crippen LogP contribution in [0, 0.1) is 17.3 Å². The fourth-order valence-electron chi connectivity index (χ4n) is 2.56. The summed E-state index contributed by atoms with van der Waals surface area (Å²) in [5.41, 5.74) is 1.46. The van der Waals surface area contributed by atoms with Gasteiger partial charge < -0.3 is 4.90 Å². The van der Waals surface area contributed by atoms with Crippen LogP contribution in [0.4, 0.5) is 0 Å². The monoisotopic (exact) mass is 237 g/mol. The first-order valence-electron chi connectivity index (χ1n) is 6.72. The molecule has 0 aromatic carbocycles. The Morgan fingerprint density at radius 1 is 1.35 bits per heavy atom. The summed E-state index contributed by atoms with van der Waals surface area (Å²) >= 11 is 0. The lowest BCUT2D eigenvalue weighted by atomic mass is 10.1. The van der Waals surface area contributed by atoms with E-state index in [9.17, 15) is 4.79 Å². The van der Waals surface area contributed by atoms with Crippen molar-refractivity contribution in [3.05, 3.63) is 11.6 Å². The SMILES string of the molecule is CCCCN(C)C(=O)C1C(C=C(C)C)C1(C)C. The number of carbonyl (C=O) groups excluding carboxylic acids is 1. The fraction of sp³-hybridized carbons (Fsp3) is 0.800. The fourth-order valence-corrected chi connectivity index (χ4v) is 2.56. The van der Waals surface area contributed by atoms with Gasteiger partial charge in [-0.15, -0.1) is 0 Å². The molecule has 1 saturated carbocycles. The van der Waals surface area contributed by atoms with Gasteiger partial charge >= 0.3 is 0 Å². The minimum Gasteiger partial charge on any atom is -0.345 e. The Hall–Kier alpha value is -0.790. The number of allylic oxidation sites excluding steroid dienone is 2. The van der Waals surface area contributed by atoms with Gasteiger partial charge in [0.25, 0.3) is 0 Å². The van der Waals surface area contributed by atoms with Crippen LogP contribution >= 0.6 is 0 Å². The molecule has 17 heavy (non-hydrogen) atoms. The summed E-state index contributed by atoms with van der Waals surface area (Å²) in [6.07, 6.45) is 4.50. The molecular weight excluding hydrogens is 210 g/mol. The molecule has 1 amide bonds. The van der Waals surface area contributed by atoms with Crippen molar-refractivity contribution in [3.8, 4) is 0 Å². The highest BCUT2D eigenvalue weighted by atomic mass is 16.2. The molecule has 0 N–H and O–H groups in total. The molecule has 1 aliphatic rings. The van der Waals surface area contributed by atoms with Crippen molar-refractivity contribution >= 4 is 5.91 Å². The van der Waals surface area contributed by atoms with E-state index in [1.807, 2.05) is 11.9 Å². The van der Waals surface area contributed by atoms with Gasteiger partial charge in [0.05, 0.1) is 5.92 Å². The van der Waals surface area contributed by atoms with E-state index in [2.05, 4.69) is 40.7 Å². The van der Waals surface area contributed by atoms with Gasteiger partial charge in [0.15, 0.2) is 0 Å². The first kappa shape index (κ1) is 14.3. The van der Waals surface area contributed by atoms with Gasteiger partial charge in [0, 0.05) is 13.6 Å². The molecule has 2 heteroatoms. The summed E-state index contributed by atoms with van der Waals surface area (Å²) in [4.78, 5) is 14.2. The van der Waals surface area contributed by atoms with Crippen LogP contribution in [0.15, 0.2) is 11.6 Å². The molecule has 1 fully saturated rings. The molecule has 2 atom stereocenters. The number of amides is 1. The molecule has 0 saturated heterocycles. The summed E-state index contributed by atoms with van der Waals surface area (Å²) in [5.74, 6) is 0.953. The lowest BCUT2D eigenvalue weighted by Gasteiger charge is -2.17. The maximum absolute atomic E-state index is 12.3. The number of unbranched alkanes of at least 4 members (excludes halogenated alkanes) is 1. The third kappa shape index (κ3) is 3.11. The summed E-state index contributed by atoms with van der Waals surface area (Å²) in [6, 6.07) is 0. The Morgan fingerprint density at radius 2 is 1.94 bits per heavy atom. The molecule has 1 rings (SSSR count). The zero-order chi connectivity index (χ0) is 13.2. The van der Waals surface area contributed by atoms with Crippen molar-refractivity contribution in [2.75, 3.05) is 13.6 Å². The van der Waals surface area contributed by atoms with Gasteiger partial charge in [-0.25, -0.2) is 0 Å². The molecule has 0 aromatic heterocycles. The zero-order valence-corrected chi connectivity index (χ0v) is 12.2. The minimum atomic E-state index is 0.148. The lowest BCUT2D eigenvalue weighted by Crippen LogP contribution is -2.30. The van der Waals surface area contributed by atoms with E-state index in [0.29, 0.717) is 11.8 Å². The van der Waals surface area contributed by atoms with Gasteiger partial charge in [-0.05, 0) is 31.6 Å². The molecule has 0 bridgehead atoms. The van der Waals surface area contributed by atoms with E-state index in [4.69, 9.17) is 0 Å². The molecular formula is C15H27NO. The quantitative estimate of drug-likeness (QED) is 0.670. The highest BCUT2D eigenvalue weighted by Gasteiger charge is 2.60. The van der Waals surface area contributed by atoms with Crippen LogP contribution in [0.5, 0.6) is 0 Å². The van der Waals surface area contributed by atoms with Gasteiger partial charge in [0.1, 0.15) is 0 Å². The normalized spacial score (nSPS) is 25.3. The van der Waals surface area contributed by atoms with Crippen molar-refractivity contribution < 1.29 is 4.79 Å². The molecule has 1 aliphatic carbocycles. The molecule has 2 unspecified atom stereocenters. The standard InChI is InChI=1S/C15H27NO/c1-7-8-9-16(6)14(17)13-12(10-11(2)3)15(13,4)5/h10,12-13H,7-9H2,1-6H3. The molecule has 0 aromatic rings. The Balaban J connectivity index is 2.62. The second-order valence-corrected chi connectivity index (χ2v) is 6.18. The lowest BCUT2D eigenvalue weighted by molar-refractivity contribution is -0.132. The van der Waals surface area contributed by atoms with E-state index < -0.39 is 0 Å². The second kappa shape index (κ2) is 5.24. The van der Waals surface area contributed by atoms with E-state index in [1.165, 1.54) is 5.57 Å². The largest absolute Gasteiger partial charge is 0.345 e. The smallest absolute Gasteiger partial charge is 0.226 e. The summed E-state index contributed by atoms with van der Waals surface area (Å²) in [7, 11) is 1.94. The molecule has 0 spiro atoms. The van der Waals surface area contributed by atoms with Crippen molar-refractivity contribution in [1.29, 1.82) is 0 Å². The molecule has 0 heterocycles. The predicted octanol–water partition coefficient (Wildman–Crippen LogP) is 3.48. The Morgan fingerprint density at radius 3 is 2.41 bits per heavy atom. The third-order valence-electron chi connectivity index (χ3n) is 3.91. The van der Waals surface area contributed by atoms with E-state index >= 15 is 0 Å². The highest BCUT2D eigenvalue weighted by molar-refractivity contribution is 5.83. The minimum absolute atomic E-state index is 0.148. The van der Waals surface area contributed by atoms with Crippen molar-refractivity contribution in [1.82, 2.24) is 4.90 Å². The van der Waals surface area contributed by atoms with Crippen LogP contribution in [0.2, 0.25) is 0 Å². The Labute approximate surface area is 106 Å². The number of rotatable bonds is 5. The molecule has 98 valence electrons. The van der Waals surface area contributed by atoms with Gasteiger partial charge in [-0.3, -0.25) is 4.79 Å². The predicted molar refractivity (Wildman–Crippen MR) is 72.7 cm³/mol. The summed E-state index contributed by atoms with van der Waals surface area (Å²) in [6.45, 7) is 11.7. The van der Waals surface area contributed by atoms with Crippen LogP contribution in [0.3, 0.4) is 0 Å². The number of hydrogen-bond donors (Lipinski definition) is 0. The van der Waals surface area contributed by atoms with Gasteiger partial charge in [-0.1, -0.05) is 38.8 Å². The van der Waals surface area contributed by atoms with Crippen LogP contribution in [-0.4, -0.2) is 24.4 Å². The number of nitrogens with zero attached hydrogens (tertiary/aromatic N) is 1. The van der Waals surface area contributed by atoms with E-state index in [-0.39, 0.29) is 11.3 Å². The average molecular weight is 237 g/mol. The van der Waals surface area contributed by atoms with Gasteiger partial charge in [-0.2, -0.15) is 0 Å². The van der Waals surface area contributed by atoms with Gasteiger partial charge in [0.2, 0.25) is 5.91 Å². The molecule has 2 nitrogen and oxygen atoms in total. The first-order valence-corrected chi connectivity index (χ1v) is 6.72. The van der Waals surface area contributed by atoms with Crippen LogP contribution in [0.25, 0.3) is 0 Å². The first-order chi connectivity index (χ1) is 7.82. The zero-order valence-electron chi connectivity index (χ0n) is 12.2. The average Bonchev–Trinajstić information content (AvgIpc) is 2.75. The van der Waals surface area contributed by atoms with E-state index in [1.54, 1.807) is 0 Å². The maximum atomic E-state index is 12.3. The third-order valence-corrected chi connectivity index (χ3v) is 3.91. The number of hydrogen-bond acceptors (Lipinski definition) is 1. The maximum Gasteiger partial charge on any atom is 0.226 e. The van der Waals surface area contributed by atoms with Crippen molar-refractivity contribution in [2.24, 2.45) is 17.3 Å². The molecule has 0 aliphatic heterocycles. The Kier molecular flexibility index (Phi) is 4.40. The summed E-state index contributed by atoms with van der Waals surface area (Å²) in [5, 5.41) is 0. The summed E-state index contributed by atoms with van der Waals surface area (Å²) < 4.78 is 0. The second-order valence-electron chi connectivity index (χ2n) is 6.18. The number of carbonyl (C=O) groups is 1. The van der Waals surface area contributed by atoms with Crippen LogP contribution < -0.4 is 0 Å². The topological polar surface area (TPSA) is 20.3 Å². The van der Waals surface area contributed by atoms with Crippen LogP contribution in [0.1, 0.15) is 47.5 Å². The van der Waals surface area contributed by atoms with Crippen LogP contribution in [-0.2, 0) is 4.79 Å². The molecule has 0 radical (unpaired) electrons. The van der Waals surface area contributed by atoms with Crippen molar-refractivity contribution in [2.45, 2.75) is 47.5 Å². The highest BCUT2D eigenvalue weighted by Crippen LogP contribution is 2.59. The Bertz CT molecular complexity index is 313. The van der Waals surface area contributed by atoms with Crippen molar-refractivity contribution in [3.63, 3.8) is 0 Å². The van der Waals surface area contributed by atoms with E-state index in [0.717, 1.165) is 19.4 Å².